The second kappa shape index (κ2) is 7.50. The van der Waals surface area contributed by atoms with Crippen LogP contribution in [0, 0.1) is 13.8 Å². The van der Waals surface area contributed by atoms with E-state index in [0.717, 1.165) is 30.9 Å². The molecule has 6 heteroatoms. The molecule has 21 heavy (non-hydrogen) atoms. The van der Waals surface area contributed by atoms with Crippen molar-refractivity contribution in [1.29, 1.82) is 0 Å². The molecule has 2 rings (SSSR count). The zero-order chi connectivity index (χ0) is 14.7. The minimum Gasteiger partial charge on any atom is -0.378 e. The fraction of sp³-hybridized carbons (Fsp3) is 0.600. The van der Waals surface area contributed by atoms with Crippen molar-refractivity contribution in [3.05, 3.63) is 29.3 Å². The molecule has 0 amide bonds. The predicted octanol–water partition coefficient (Wildman–Crippen LogP) is 3.72. The summed E-state index contributed by atoms with van der Waals surface area (Å²) in [6, 6.07) is 0.401. The third-order valence-corrected chi connectivity index (χ3v) is 3.50. The van der Waals surface area contributed by atoms with Gasteiger partial charge in [0.25, 0.3) is 0 Å². The van der Waals surface area contributed by atoms with E-state index >= 15 is 0 Å². The van der Waals surface area contributed by atoms with E-state index in [4.69, 9.17) is 0 Å². The van der Waals surface area contributed by atoms with Crippen molar-refractivity contribution in [2.24, 2.45) is 0 Å². The molecule has 5 nitrogen and oxygen atoms in total. The van der Waals surface area contributed by atoms with Crippen LogP contribution in [-0.2, 0) is 13.1 Å². The highest BCUT2D eigenvalue weighted by Gasteiger charge is 2.10. The SMILES string of the molecule is CCCn1cc(NCc2cnn(C(C)C)c2C)c(C)n1.Cl. The van der Waals surface area contributed by atoms with Crippen molar-refractivity contribution in [3.8, 4) is 0 Å². The Morgan fingerprint density at radius 1 is 1.29 bits per heavy atom. The number of hydrogen-bond acceptors (Lipinski definition) is 3. The maximum Gasteiger partial charge on any atom is 0.0825 e. The Balaban J connectivity index is 0.00000220. The van der Waals surface area contributed by atoms with Crippen LogP contribution in [0.3, 0.4) is 0 Å². The van der Waals surface area contributed by atoms with E-state index in [-0.39, 0.29) is 12.4 Å². The minimum atomic E-state index is 0. The molecule has 1 N–H and O–H groups in total. The lowest BCUT2D eigenvalue weighted by Crippen LogP contribution is -2.06. The number of hydrogen-bond donors (Lipinski definition) is 1. The van der Waals surface area contributed by atoms with E-state index in [2.05, 4.69) is 54.1 Å². The van der Waals surface area contributed by atoms with Crippen molar-refractivity contribution in [3.63, 3.8) is 0 Å². The number of anilines is 1. The van der Waals surface area contributed by atoms with Gasteiger partial charge >= 0.3 is 0 Å². The summed E-state index contributed by atoms with van der Waals surface area (Å²) in [7, 11) is 0. The predicted molar refractivity (Wildman–Crippen MR) is 89.2 cm³/mol. The van der Waals surface area contributed by atoms with Crippen LogP contribution < -0.4 is 5.32 Å². The van der Waals surface area contributed by atoms with Crippen molar-refractivity contribution in [2.45, 2.75) is 60.2 Å². The van der Waals surface area contributed by atoms with Crippen LogP contribution in [-0.4, -0.2) is 19.6 Å². The number of rotatable bonds is 6. The highest BCUT2D eigenvalue weighted by molar-refractivity contribution is 5.85. The molecule has 2 aromatic rings. The molecule has 0 aliphatic rings. The Kier molecular flexibility index (Phi) is 6.27. The van der Waals surface area contributed by atoms with Gasteiger partial charge in [0.15, 0.2) is 0 Å². The first kappa shape index (κ1) is 17.6. The summed E-state index contributed by atoms with van der Waals surface area (Å²) in [5.74, 6) is 0. The molecule has 0 aliphatic carbocycles. The standard InChI is InChI=1S/C15H25N5.ClH/c1-6-7-19-10-15(12(4)18-19)16-8-14-9-17-20(11(2)3)13(14)5;/h9-11,16H,6-8H2,1-5H3;1H. The third kappa shape index (κ3) is 4.00. The summed E-state index contributed by atoms with van der Waals surface area (Å²) in [5, 5.41) is 12.4. The Hall–Kier alpha value is -1.49. The fourth-order valence-electron chi connectivity index (χ4n) is 2.38. The van der Waals surface area contributed by atoms with Crippen LogP contribution in [0.4, 0.5) is 5.69 Å². The summed E-state index contributed by atoms with van der Waals surface area (Å²) in [6.07, 6.45) is 5.13. The molecule has 0 radical (unpaired) electrons. The van der Waals surface area contributed by atoms with E-state index in [1.807, 2.05) is 17.8 Å². The first-order valence-corrected chi connectivity index (χ1v) is 7.33. The average Bonchev–Trinajstić information content (AvgIpc) is 2.91. The van der Waals surface area contributed by atoms with Crippen LogP contribution >= 0.6 is 12.4 Å². The number of nitrogens with one attached hydrogen (secondary N) is 1. The van der Waals surface area contributed by atoms with Crippen LogP contribution in [0.25, 0.3) is 0 Å². The largest absolute Gasteiger partial charge is 0.378 e. The molecule has 0 unspecified atom stereocenters. The zero-order valence-electron chi connectivity index (χ0n) is 13.6. The Bertz CT molecular complexity index is 571. The van der Waals surface area contributed by atoms with Crippen molar-refractivity contribution >= 4 is 18.1 Å². The summed E-state index contributed by atoms with van der Waals surface area (Å²) in [6.45, 7) is 12.4. The van der Waals surface area contributed by atoms with Crippen molar-refractivity contribution in [2.75, 3.05) is 5.32 Å². The van der Waals surface area contributed by atoms with Gasteiger partial charge in [-0.25, -0.2) is 0 Å². The fourth-order valence-corrected chi connectivity index (χ4v) is 2.38. The molecule has 0 saturated heterocycles. The first-order chi connectivity index (χ1) is 9.52. The van der Waals surface area contributed by atoms with Crippen LogP contribution in [0.15, 0.2) is 12.4 Å². The lowest BCUT2D eigenvalue weighted by Gasteiger charge is -2.09. The molecule has 0 fully saturated rings. The molecular weight excluding hydrogens is 286 g/mol. The minimum absolute atomic E-state index is 0. The second-order valence-corrected chi connectivity index (χ2v) is 5.54. The van der Waals surface area contributed by atoms with Gasteiger partial charge in [0.1, 0.15) is 0 Å². The van der Waals surface area contributed by atoms with Crippen molar-refractivity contribution in [1.82, 2.24) is 19.6 Å². The van der Waals surface area contributed by atoms with Gasteiger partial charge in [-0.3, -0.25) is 9.36 Å². The van der Waals surface area contributed by atoms with Crippen LogP contribution in [0.2, 0.25) is 0 Å². The lowest BCUT2D eigenvalue weighted by atomic mass is 10.2. The van der Waals surface area contributed by atoms with Gasteiger partial charge in [-0.15, -0.1) is 12.4 Å². The Morgan fingerprint density at radius 2 is 2.00 bits per heavy atom. The smallest absolute Gasteiger partial charge is 0.0825 e. The molecule has 118 valence electrons. The molecule has 0 saturated carbocycles. The van der Waals surface area contributed by atoms with Gasteiger partial charge in [-0.05, 0) is 34.1 Å². The quantitative estimate of drug-likeness (QED) is 0.884. The monoisotopic (exact) mass is 311 g/mol. The van der Waals surface area contributed by atoms with E-state index in [1.54, 1.807) is 0 Å². The third-order valence-electron chi connectivity index (χ3n) is 3.50. The molecule has 0 atom stereocenters. The molecule has 2 aromatic heterocycles. The molecule has 0 bridgehead atoms. The summed E-state index contributed by atoms with van der Waals surface area (Å²) in [4.78, 5) is 0. The van der Waals surface area contributed by atoms with Gasteiger partial charge in [-0.1, -0.05) is 6.92 Å². The average molecular weight is 312 g/mol. The maximum absolute atomic E-state index is 4.50. The van der Waals surface area contributed by atoms with Gasteiger partial charge in [0.2, 0.25) is 0 Å². The topological polar surface area (TPSA) is 47.7 Å². The van der Waals surface area contributed by atoms with Gasteiger partial charge in [0.05, 0.1) is 17.6 Å². The molecule has 2 heterocycles. The normalized spacial score (nSPS) is 10.8. The van der Waals surface area contributed by atoms with Gasteiger partial charge in [0, 0.05) is 36.6 Å². The molecular formula is C15H26ClN5. The highest BCUT2D eigenvalue weighted by Crippen LogP contribution is 2.17. The highest BCUT2D eigenvalue weighted by atomic mass is 35.5. The number of nitrogens with zero attached hydrogens (tertiary/aromatic N) is 4. The summed E-state index contributed by atoms with van der Waals surface area (Å²) >= 11 is 0. The zero-order valence-corrected chi connectivity index (χ0v) is 14.4. The van der Waals surface area contributed by atoms with Crippen molar-refractivity contribution < 1.29 is 0 Å². The van der Waals surface area contributed by atoms with Crippen LogP contribution in [0.1, 0.15) is 50.2 Å². The number of halogens is 1. The summed E-state index contributed by atoms with van der Waals surface area (Å²) < 4.78 is 4.06. The maximum atomic E-state index is 4.50. The van der Waals surface area contributed by atoms with Crippen LogP contribution in [0.5, 0.6) is 0 Å². The van der Waals surface area contributed by atoms with E-state index < -0.39 is 0 Å². The number of aromatic nitrogens is 4. The van der Waals surface area contributed by atoms with Gasteiger partial charge < -0.3 is 5.32 Å². The number of aryl methyl sites for hydroxylation is 2. The first-order valence-electron chi connectivity index (χ1n) is 7.33. The summed E-state index contributed by atoms with van der Waals surface area (Å²) in [5.41, 5.74) is 4.62. The molecule has 0 spiro atoms. The van der Waals surface area contributed by atoms with Gasteiger partial charge in [-0.2, -0.15) is 10.2 Å². The molecule has 0 aliphatic heterocycles. The Labute approximate surface area is 133 Å². The second-order valence-electron chi connectivity index (χ2n) is 5.54. The Morgan fingerprint density at radius 3 is 2.57 bits per heavy atom. The van der Waals surface area contributed by atoms with E-state index in [1.165, 1.54) is 11.3 Å². The lowest BCUT2D eigenvalue weighted by molar-refractivity contribution is 0.518. The van der Waals surface area contributed by atoms with E-state index in [9.17, 15) is 0 Å². The molecule has 0 aromatic carbocycles. The van der Waals surface area contributed by atoms with E-state index in [0.29, 0.717) is 6.04 Å².